The summed E-state index contributed by atoms with van der Waals surface area (Å²) in [6.07, 6.45) is 3.56. The van der Waals surface area contributed by atoms with Crippen molar-refractivity contribution in [2.45, 2.75) is 20.3 Å². The fourth-order valence-electron chi connectivity index (χ4n) is 0.949. The van der Waals surface area contributed by atoms with E-state index in [4.69, 9.17) is 0 Å². The first kappa shape index (κ1) is 9.70. The summed E-state index contributed by atoms with van der Waals surface area (Å²) in [5, 5.41) is 1.60. The molecular weight excluding hydrogens is 135 g/mol. The smallest absolute Gasteiger partial charge is 0.0384 e. The van der Waals surface area contributed by atoms with Crippen LogP contribution in [0.3, 0.4) is 0 Å². The fraction of sp³-hybridized carbons (Fsp3) is 0.429. The summed E-state index contributed by atoms with van der Waals surface area (Å²) in [5.41, 5.74) is 3.12. The Hall–Kier alpha value is 0.697. The first-order valence-electron chi connectivity index (χ1n) is 3.05. The van der Waals surface area contributed by atoms with Crippen molar-refractivity contribution >= 4 is 39.8 Å². The van der Waals surface area contributed by atoms with Crippen LogP contribution in [-0.4, -0.2) is 39.8 Å². The van der Waals surface area contributed by atoms with E-state index in [0.29, 0.717) is 0 Å². The van der Waals surface area contributed by atoms with Gasteiger partial charge in [-0.1, -0.05) is 22.4 Å². The molecule has 1 radical (unpaired) electrons. The van der Waals surface area contributed by atoms with Crippen LogP contribution < -0.4 is 0 Å². The van der Waals surface area contributed by atoms with Gasteiger partial charge in [-0.25, -0.2) is 0 Å². The molecule has 1 aliphatic rings. The molecule has 0 aromatic rings. The maximum absolute atomic E-state index is 2.34. The van der Waals surface area contributed by atoms with Gasteiger partial charge < -0.3 is 0 Å². The molecule has 1 aliphatic carbocycles. The monoisotopic (exact) mass is 147 g/mol. The van der Waals surface area contributed by atoms with E-state index in [1.54, 1.807) is 16.3 Å². The average molecular weight is 147 g/mol. The zero-order chi connectivity index (χ0) is 6.15. The molecular formula is C7H12NaSi. The van der Waals surface area contributed by atoms with Crippen LogP contribution in [0, 0.1) is 0 Å². The third-order valence-electron chi connectivity index (χ3n) is 1.95. The summed E-state index contributed by atoms with van der Waals surface area (Å²) in [5.74, 6) is 0. The quantitative estimate of drug-likeness (QED) is 0.440. The predicted molar refractivity (Wildman–Crippen MR) is 46.8 cm³/mol. The van der Waals surface area contributed by atoms with Crippen molar-refractivity contribution in [3.05, 3.63) is 22.4 Å². The van der Waals surface area contributed by atoms with E-state index in [2.05, 4.69) is 19.9 Å². The standard InChI is InChI=1S/C7H12Si.Na/c1-5-3-4-7(8)6(5)2;/h4H,3H2,1-2,8H3;. The van der Waals surface area contributed by atoms with E-state index in [1.807, 2.05) is 0 Å². The van der Waals surface area contributed by atoms with Gasteiger partial charge in [-0.15, -0.1) is 0 Å². The van der Waals surface area contributed by atoms with E-state index in [-0.39, 0.29) is 29.6 Å². The molecule has 1 rings (SSSR count). The summed E-state index contributed by atoms with van der Waals surface area (Å²) in [6, 6.07) is 0. The summed E-state index contributed by atoms with van der Waals surface area (Å²) in [4.78, 5) is 0. The van der Waals surface area contributed by atoms with Crippen molar-refractivity contribution in [2.75, 3.05) is 0 Å². The van der Waals surface area contributed by atoms with Crippen molar-refractivity contribution in [3.8, 4) is 0 Å². The molecule has 0 nitrogen and oxygen atoms in total. The van der Waals surface area contributed by atoms with Gasteiger partial charge in [0, 0.05) is 39.8 Å². The van der Waals surface area contributed by atoms with Crippen LogP contribution in [0.1, 0.15) is 20.3 Å². The van der Waals surface area contributed by atoms with Gasteiger partial charge in [-0.05, 0) is 20.3 Å². The van der Waals surface area contributed by atoms with Gasteiger partial charge in [0.25, 0.3) is 0 Å². The second-order valence-electron chi connectivity index (χ2n) is 2.50. The first-order valence-corrected chi connectivity index (χ1v) is 4.05. The van der Waals surface area contributed by atoms with Crippen molar-refractivity contribution < 1.29 is 0 Å². The number of rotatable bonds is 0. The minimum Gasteiger partial charge on any atom is -0.0820 e. The van der Waals surface area contributed by atoms with Crippen LogP contribution in [0.25, 0.3) is 0 Å². The average Bonchev–Trinajstić information content (AvgIpc) is 1.98. The number of hydrogen-bond donors (Lipinski definition) is 0. The molecule has 0 saturated heterocycles. The Kier molecular flexibility index (Phi) is 4.06. The SMILES string of the molecule is CC1=C(C)C([SiH3])=CC1.[Na]. The summed E-state index contributed by atoms with van der Waals surface area (Å²) in [6.45, 7) is 4.44. The number of allylic oxidation sites excluding steroid dienone is 4. The molecule has 0 spiro atoms. The molecule has 0 heterocycles. The van der Waals surface area contributed by atoms with Gasteiger partial charge in [-0.2, -0.15) is 0 Å². The molecule has 0 saturated carbocycles. The zero-order valence-corrected chi connectivity index (χ0v) is 10.8. The van der Waals surface area contributed by atoms with Gasteiger partial charge in [-0.3, -0.25) is 0 Å². The van der Waals surface area contributed by atoms with Gasteiger partial charge in [0.05, 0.1) is 0 Å². The molecule has 0 aromatic heterocycles. The first-order chi connectivity index (χ1) is 3.72. The Labute approximate surface area is 82.1 Å². The van der Waals surface area contributed by atoms with Gasteiger partial charge in [0.15, 0.2) is 0 Å². The Morgan fingerprint density at radius 1 is 1.44 bits per heavy atom. The molecule has 0 amide bonds. The van der Waals surface area contributed by atoms with Crippen molar-refractivity contribution in [3.63, 3.8) is 0 Å². The van der Waals surface area contributed by atoms with Crippen LogP contribution in [-0.2, 0) is 0 Å². The second kappa shape index (κ2) is 3.77. The van der Waals surface area contributed by atoms with E-state index in [0.717, 1.165) is 0 Å². The molecule has 0 bridgehead atoms. The van der Waals surface area contributed by atoms with Crippen molar-refractivity contribution in [1.82, 2.24) is 0 Å². The van der Waals surface area contributed by atoms with Gasteiger partial charge in [0.1, 0.15) is 0 Å². The van der Waals surface area contributed by atoms with E-state index >= 15 is 0 Å². The molecule has 0 N–H and O–H groups in total. The maximum Gasteiger partial charge on any atom is 0.0384 e. The summed E-state index contributed by atoms with van der Waals surface area (Å²) >= 11 is 0. The molecule has 0 aliphatic heterocycles. The maximum atomic E-state index is 2.34. The van der Waals surface area contributed by atoms with E-state index < -0.39 is 0 Å². The van der Waals surface area contributed by atoms with Crippen LogP contribution >= 0.6 is 0 Å². The largest absolute Gasteiger partial charge is 0.0820 e. The van der Waals surface area contributed by atoms with Crippen LogP contribution in [0.15, 0.2) is 22.4 Å². The Morgan fingerprint density at radius 2 is 2.00 bits per heavy atom. The van der Waals surface area contributed by atoms with Crippen LogP contribution in [0.5, 0.6) is 0 Å². The van der Waals surface area contributed by atoms with Crippen LogP contribution in [0.2, 0.25) is 0 Å². The van der Waals surface area contributed by atoms with E-state index in [9.17, 15) is 0 Å². The Balaban J connectivity index is 0.000000640. The summed E-state index contributed by atoms with van der Waals surface area (Å²) in [7, 11) is 1.23. The van der Waals surface area contributed by atoms with Crippen LogP contribution in [0.4, 0.5) is 0 Å². The minimum absolute atomic E-state index is 0. The zero-order valence-electron chi connectivity index (χ0n) is 6.78. The second-order valence-corrected chi connectivity index (χ2v) is 3.57. The molecule has 45 valence electrons. The fourth-order valence-corrected chi connectivity index (χ4v) is 1.58. The third kappa shape index (κ3) is 2.08. The number of hydrogen-bond acceptors (Lipinski definition) is 0. The minimum atomic E-state index is 0. The molecule has 0 atom stereocenters. The van der Waals surface area contributed by atoms with Crippen molar-refractivity contribution in [1.29, 1.82) is 0 Å². The van der Waals surface area contributed by atoms with Crippen molar-refractivity contribution in [2.24, 2.45) is 0 Å². The molecule has 0 fully saturated rings. The molecule has 0 unspecified atom stereocenters. The predicted octanol–water partition coefficient (Wildman–Crippen LogP) is 0.595. The normalized spacial score (nSPS) is 17.8. The summed E-state index contributed by atoms with van der Waals surface area (Å²) < 4.78 is 0. The third-order valence-corrected chi connectivity index (χ3v) is 3.10. The van der Waals surface area contributed by atoms with Gasteiger partial charge >= 0.3 is 0 Å². The topological polar surface area (TPSA) is 0 Å². The molecule has 0 aromatic carbocycles. The molecule has 9 heavy (non-hydrogen) atoms. The Morgan fingerprint density at radius 3 is 2.11 bits per heavy atom. The van der Waals surface area contributed by atoms with Gasteiger partial charge in [0.2, 0.25) is 0 Å². The Bertz CT molecular complexity index is 162. The molecule has 2 heteroatoms. The van der Waals surface area contributed by atoms with E-state index in [1.165, 1.54) is 16.7 Å².